The van der Waals surface area contributed by atoms with Crippen LogP contribution < -0.4 is 5.73 Å². The van der Waals surface area contributed by atoms with Crippen molar-refractivity contribution >= 4 is 22.4 Å². The van der Waals surface area contributed by atoms with Crippen LogP contribution in [0.15, 0.2) is 11.1 Å². The summed E-state index contributed by atoms with van der Waals surface area (Å²) in [7, 11) is -1.71. The van der Waals surface area contributed by atoms with Gasteiger partial charge in [-0.3, -0.25) is 4.68 Å². The van der Waals surface area contributed by atoms with Gasteiger partial charge in [0.1, 0.15) is 4.90 Å². The first-order valence-corrected chi connectivity index (χ1v) is 7.52. The van der Waals surface area contributed by atoms with Crippen molar-refractivity contribution in [3.63, 3.8) is 0 Å². The SMILES string of the molecule is Cc1c(S(=O)(=O)N2CC(CN)CC2C)cnn1C.Cl. The van der Waals surface area contributed by atoms with Crippen LogP contribution in [-0.2, 0) is 17.1 Å². The highest BCUT2D eigenvalue weighted by Gasteiger charge is 2.38. The second-order valence-corrected chi connectivity index (χ2v) is 6.84. The van der Waals surface area contributed by atoms with Gasteiger partial charge in [-0.2, -0.15) is 9.40 Å². The molecule has 0 spiro atoms. The number of halogens is 1. The molecule has 0 aromatic carbocycles. The lowest BCUT2D eigenvalue weighted by molar-refractivity contribution is 0.404. The predicted molar refractivity (Wildman–Crippen MR) is 75.7 cm³/mol. The molecule has 0 amide bonds. The predicted octanol–water partition coefficient (Wildman–Crippen LogP) is 0.508. The molecule has 19 heavy (non-hydrogen) atoms. The summed E-state index contributed by atoms with van der Waals surface area (Å²) in [5, 5.41) is 4.00. The Morgan fingerprint density at radius 1 is 1.53 bits per heavy atom. The molecule has 1 aliphatic heterocycles. The fourth-order valence-corrected chi connectivity index (χ4v) is 4.38. The molecule has 110 valence electrons. The van der Waals surface area contributed by atoms with Crippen molar-refractivity contribution in [3.8, 4) is 0 Å². The first kappa shape index (κ1) is 16.4. The first-order chi connectivity index (χ1) is 8.37. The molecule has 1 saturated heterocycles. The normalized spacial score (nSPS) is 24.4. The van der Waals surface area contributed by atoms with Crippen LogP contribution in [0.1, 0.15) is 19.0 Å². The van der Waals surface area contributed by atoms with Crippen LogP contribution >= 0.6 is 12.4 Å². The minimum atomic E-state index is -3.45. The van der Waals surface area contributed by atoms with E-state index in [-0.39, 0.29) is 24.4 Å². The van der Waals surface area contributed by atoms with Gasteiger partial charge < -0.3 is 5.73 Å². The van der Waals surface area contributed by atoms with Gasteiger partial charge in [0.25, 0.3) is 0 Å². The molecule has 2 unspecified atom stereocenters. The molecule has 1 fully saturated rings. The zero-order valence-electron chi connectivity index (χ0n) is 11.4. The Kier molecular flexibility index (Phi) is 5.00. The molecule has 0 aliphatic carbocycles. The van der Waals surface area contributed by atoms with Gasteiger partial charge in [0.05, 0.1) is 11.9 Å². The lowest BCUT2D eigenvalue weighted by atomic mass is 10.1. The van der Waals surface area contributed by atoms with E-state index in [1.165, 1.54) is 6.20 Å². The molecule has 0 saturated carbocycles. The molecule has 0 bridgehead atoms. The minimum Gasteiger partial charge on any atom is -0.330 e. The van der Waals surface area contributed by atoms with Gasteiger partial charge in [-0.05, 0) is 32.7 Å². The van der Waals surface area contributed by atoms with E-state index in [1.807, 2.05) is 6.92 Å². The Morgan fingerprint density at radius 3 is 2.58 bits per heavy atom. The lowest BCUT2D eigenvalue weighted by Gasteiger charge is -2.20. The van der Waals surface area contributed by atoms with E-state index in [2.05, 4.69) is 5.10 Å². The molecule has 8 heteroatoms. The van der Waals surface area contributed by atoms with Gasteiger partial charge in [-0.1, -0.05) is 0 Å². The lowest BCUT2D eigenvalue weighted by Crippen LogP contribution is -2.34. The average molecular weight is 309 g/mol. The van der Waals surface area contributed by atoms with Crippen LogP contribution in [-0.4, -0.2) is 41.6 Å². The molecule has 6 nitrogen and oxygen atoms in total. The van der Waals surface area contributed by atoms with Crippen molar-refractivity contribution in [2.75, 3.05) is 13.1 Å². The summed E-state index contributed by atoms with van der Waals surface area (Å²) in [5.41, 5.74) is 6.30. The summed E-state index contributed by atoms with van der Waals surface area (Å²) in [6.45, 7) is 4.73. The molecular formula is C11H21ClN4O2S. The Bertz CT molecular complexity index is 543. The highest BCUT2D eigenvalue weighted by atomic mass is 35.5. The van der Waals surface area contributed by atoms with Crippen molar-refractivity contribution in [3.05, 3.63) is 11.9 Å². The highest BCUT2D eigenvalue weighted by Crippen LogP contribution is 2.29. The van der Waals surface area contributed by atoms with Gasteiger partial charge in [0, 0.05) is 19.6 Å². The zero-order valence-corrected chi connectivity index (χ0v) is 13.0. The van der Waals surface area contributed by atoms with Gasteiger partial charge in [-0.15, -0.1) is 12.4 Å². The van der Waals surface area contributed by atoms with Crippen molar-refractivity contribution in [1.29, 1.82) is 0 Å². The third kappa shape index (κ3) is 2.79. The second-order valence-electron chi connectivity index (χ2n) is 4.98. The minimum absolute atomic E-state index is 0. The highest BCUT2D eigenvalue weighted by molar-refractivity contribution is 7.89. The summed E-state index contributed by atoms with van der Waals surface area (Å²) < 4.78 is 28.3. The molecule has 2 N–H and O–H groups in total. The molecule has 2 rings (SSSR count). The van der Waals surface area contributed by atoms with Crippen LogP contribution in [0.5, 0.6) is 0 Å². The van der Waals surface area contributed by atoms with Gasteiger partial charge in [0.2, 0.25) is 10.0 Å². The van der Waals surface area contributed by atoms with Crippen molar-refractivity contribution in [2.24, 2.45) is 18.7 Å². The van der Waals surface area contributed by atoms with Gasteiger partial charge >= 0.3 is 0 Å². The van der Waals surface area contributed by atoms with E-state index < -0.39 is 10.0 Å². The Balaban J connectivity index is 0.00000180. The number of nitrogens with two attached hydrogens (primary N) is 1. The Morgan fingerprint density at radius 2 is 2.16 bits per heavy atom. The smallest absolute Gasteiger partial charge is 0.246 e. The summed E-state index contributed by atoms with van der Waals surface area (Å²) in [6.07, 6.45) is 2.25. The zero-order chi connectivity index (χ0) is 13.5. The maximum Gasteiger partial charge on any atom is 0.246 e. The number of hydrogen-bond donors (Lipinski definition) is 1. The van der Waals surface area contributed by atoms with Crippen LogP contribution in [0.3, 0.4) is 0 Å². The van der Waals surface area contributed by atoms with E-state index in [4.69, 9.17) is 5.73 Å². The number of nitrogens with zero attached hydrogens (tertiary/aromatic N) is 3. The summed E-state index contributed by atoms with van der Waals surface area (Å²) in [4.78, 5) is 0.300. The molecule has 1 aromatic heterocycles. The Labute approximate surface area is 120 Å². The number of rotatable bonds is 3. The van der Waals surface area contributed by atoms with Crippen LogP contribution in [0.2, 0.25) is 0 Å². The van der Waals surface area contributed by atoms with E-state index >= 15 is 0 Å². The monoisotopic (exact) mass is 308 g/mol. The summed E-state index contributed by atoms with van der Waals surface area (Å²) in [5.74, 6) is 0.256. The van der Waals surface area contributed by atoms with Crippen molar-refractivity contribution in [1.82, 2.24) is 14.1 Å². The first-order valence-electron chi connectivity index (χ1n) is 6.08. The maximum atomic E-state index is 12.6. The molecule has 0 radical (unpaired) electrons. The molecule has 2 atom stereocenters. The van der Waals surface area contributed by atoms with Gasteiger partial charge in [-0.25, -0.2) is 8.42 Å². The molecule has 2 heterocycles. The number of hydrogen-bond acceptors (Lipinski definition) is 4. The van der Waals surface area contributed by atoms with E-state index in [9.17, 15) is 8.42 Å². The van der Waals surface area contributed by atoms with E-state index in [0.29, 0.717) is 23.7 Å². The average Bonchev–Trinajstić information content (AvgIpc) is 2.84. The van der Waals surface area contributed by atoms with Crippen LogP contribution in [0, 0.1) is 12.8 Å². The fourth-order valence-electron chi connectivity index (χ4n) is 2.47. The molecule has 1 aromatic rings. The summed E-state index contributed by atoms with van der Waals surface area (Å²) >= 11 is 0. The number of aromatic nitrogens is 2. The van der Waals surface area contributed by atoms with Crippen molar-refractivity contribution < 1.29 is 8.42 Å². The molecular weight excluding hydrogens is 288 g/mol. The number of aryl methyl sites for hydroxylation is 1. The third-order valence-corrected chi connectivity index (χ3v) is 5.80. The topological polar surface area (TPSA) is 81.2 Å². The van der Waals surface area contributed by atoms with Crippen molar-refractivity contribution in [2.45, 2.75) is 31.2 Å². The second kappa shape index (κ2) is 5.78. The fraction of sp³-hybridized carbons (Fsp3) is 0.727. The van der Waals surface area contributed by atoms with E-state index in [0.717, 1.165) is 6.42 Å². The van der Waals surface area contributed by atoms with Crippen LogP contribution in [0.25, 0.3) is 0 Å². The molecule has 1 aliphatic rings. The third-order valence-electron chi connectivity index (χ3n) is 3.71. The van der Waals surface area contributed by atoms with E-state index in [1.54, 1.807) is 23.0 Å². The number of sulfonamides is 1. The standard InChI is InChI=1S/C11H20N4O2S.ClH/c1-8-4-10(5-12)7-15(8)18(16,17)11-6-13-14(3)9(11)2;/h6,8,10H,4-5,7,12H2,1-3H3;1H. The van der Waals surface area contributed by atoms with Gasteiger partial charge in [0.15, 0.2) is 0 Å². The summed E-state index contributed by atoms with van der Waals surface area (Å²) in [6, 6.07) is 0.00292. The quantitative estimate of drug-likeness (QED) is 0.882. The largest absolute Gasteiger partial charge is 0.330 e. The van der Waals surface area contributed by atoms with Crippen LogP contribution in [0.4, 0.5) is 0 Å². The maximum absolute atomic E-state index is 12.6. The Hall–Kier alpha value is -0.630.